The van der Waals surface area contributed by atoms with Crippen molar-refractivity contribution in [1.82, 2.24) is 9.64 Å². The molecule has 2 fully saturated rings. The molecule has 1 aliphatic heterocycles. The number of benzene rings is 1. The number of carboxylic acids is 2. The monoisotopic (exact) mass is 472 g/mol. The number of nitrogens with zero attached hydrogens (tertiary/aromatic N) is 2. The third-order valence-corrected chi connectivity index (χ3v) is 6.86. The van der Waals surface area contributed by atoms with Crippen LogP contribution in [-0.4, -0.2) is 51.4 Å². The summed E-state index contributed by atoms with van der Waals surface area (Å²) in [4.78, 5) is 34.3. The first-order valence-electron chi connectivity index (χ1n) is 12.3. The standard InChI is InChI=1S/C22H32N2O2.C4H4O4/c1-17-7-8-21-20(15-17)22(25)24(26-21)14-11-18-9-12-23(13-10-18)16-19-5-3-2-4-6-19;5-3(6)1-2-4(7)8/h7-8,15,18-19H,2-6,9-14,16H2,1H3;1-2H,(H,5,6)(H,7,8). The minimum absolute atomic E-state index is 0.0263. The number of carbonyl (C=O) groups is 2. The van der Waals surface area contributed by atoms with E-state index in [1.807, 2.05) is 25.1 Å². The molecule has 34 heavy (non-hydrogen) atoms. The molecule has 1 aliphatic carbocycles. The van der Waals surface area contributed by atoms with Gasteiger partial charge < -0.3 is 19.6 Å². The molecule has 0 atom stereocenters. The van der Waals surface area contributed by atoms with Gasteiger partial charge in [0.05, 0.1) is 11.9 Å². The summed E-state index contributed by atoms with van der Waals surface area (Å²) in [6.07, 6.45) is 11.9. The maximum atomic E-state index is 12.5. The number of piperidine rings is 1. The second-order valence-corrected chi connectivity index (χ2v) is 9.54. The van der Waals surface area contributed by atoms with Gasteiger partial charge in [0.2, 0.25) is 0 Å². The van der Waals surface area contributed by atoms with E-state index in [4.69, 9.17) is 14.7 Å². The highest BCUT2D eigenvalue weighted by atomic mass is 16.5. The van der Waals surface area contributed by atoms with Gasteiger partial charge in [-0.15, -0.1) is 0 Å². The van der Waals surface area contributed by atoms with E-state index in [1.54, 1.807) is 4.74 Å². The van der Waals surface area contributed by atoms with Crippen LogP contribution in [0.1, 0.15) is 56.9 Å². The van der Waals surface area contributed by atoms with Crippen LogP contribution in [0, 0.1) is 18.8 Å². The van der Waals surface area contributed by atoms with Crippen LogP contribution < -0.4 is 5.56 Å². The summed E-state index contributed by atoms with van der Waals surface area (Å²) in [5.74, 6) is -0.850. The molecule has 0 bridgehead atoms. The van der Waals surface area contributed by atoms with Crippen LogP contribution in [0.25, 0.3) is 11.0 Å². The van der Waals surface area contributed by atoms with Crippen LogP contribution in [0.3, 0.4) is 0 Å². The number of hydrogen-bond donors (Lipinski definition) is 2. The van der Waals surface area contributed by atoms with Crippen molar-refractivity contribution in [1.29, 1.82) is 0 Å². The first-order chi connectivity index (χ1) is 16.3. The highest BCUT2D eigenvalue weighted by Gasteiger charge is 2.23. The lowest BCUT2D eigenvalue weighted by atomic mass is 9.87. The highest BCUT2D eigenvalue weighted by molar-refractivity contribution is 5.89. The fraction of sp³-hybridized carbons (Fsp3) is 0.577. The Bertz CT molecular complexity index is 1020. The molecule has 2 heterocycles. The van der Waals surface area contributed by atoms with Crippen molar-refractivity contribution >= 4 is 22.9 Å². The van der Waals surface area contributed by atoms with Crippen LogP contribution in [0.5, 0.6) is 0 Å². The normalized spacial score (nSPS) is 18.1. The van der Waals surface area contributed by atoms with Crippen molar-refractivity contribution < 1.29 is 24.3 Å². The van der Waals surface area contributed by atoms with Gasteiger partial charge in [0.15, 0.2) is 5.58 Å². The number of rotatable bonds is 7. The Morgan fingerprint density at radius 1 is 1.00 bits per heavy atom. The average Bonchev–Trinajstić information content (AvgIpc) is 3.13. The van der Waals surface area contributed by atoms with Crippen molar-refractivity contribution in [2.24, 2.45) is 11.8 Å². The summed E-state index contributed by atoms with van der Waals surface area (Å²) >= 11 is 0. The number of aryl methyl sites for hydroxylation is 2. The van der Waals surface area contributed by atoms with Gasteiger partial charge in [-0.05, 0) is 76.1 Å². The van der Waals surface area contributed by atoms with Gasteiger partial charge in [0, 0.05) is 18.7 Å². The van der Waals surface area contributed by atoms with Crippen LogP contribution in [0.4, 0.5) is 0 Å². The van der Waals surface area contributed by atoms with E-state index in [0.29, 0.717) is 29.7 Å². The van der Waals surface area contributed by atoms with Gasteiger partial charge in [-0.2, -0.15) is 4.74 Å². The van der Waals surface area contributed by atoms with Crippen molar-refractivity contribution in [2.45, 2.75) is 64.8 Å². The second-order valence-electron chi connectivity index (χ2n) is 9.54. The molecule has 2 aromatic rings. The first-order valence-corrected chi connectivity index (χ1v) is 12.3. The van der Waals surface area contributed by atoms with E-state index >= 15 is 0 Å². The van der Waals surface area contributed by atoms with E-state index in [0.717, 1.165) is 23.8 Å². The van der Waals surface area contributed by atoms with Crippen molar-refractivity contribution in [3.05, 3.63) is 46.3 Å². The van der Waals surface area contributed by atoms with Crippen molar-refractivity contribution in [3.8, 4) is 0 Å². The smallest absolute Gasteiger partial charge is 0.328 e. The summed E-state index contributed by atoms with van der Waals surface area (Å²) in [6.45, 7) is 6.50. The molecular weight excluding hydrogens is 436 g/mol. The quantitative estimate of drug-likeness (QED) is 0.578. The molecule has 1 saturated carbocycles. The number of aromatic nitrogens is 1. The zero-order valence-electron chi connectivity index (χ0n) is 19.9. The predicted octanol–water partition coefficient (Wildman–Crippen LogP) is 4.30. The Balaban J connectivity index is 0.000000350. The summed E-state index contributed by atoms with van der Waals surface area (Å²) in [5, 5.41) is 16.3. The number of hydrogen-bond acceptors (Lipinski definition) is 5. The van der Waals surface area contributed by atoms with Gasteiger partial charge in [-0.1, -0.05) is 30.9 Å². The molecule has 8 nitrogen and oxygen atoms in total. The zero-order valence-corrected chi connectivity index (χ0v) is 19.9. The molecule has 8 heteroatoms. The minimum atomic E-state index is -1.26. The third-order valence-electron chi connectivity index (χ3n) is 6.86. The Morgan fingerprint density at radius 2 is 1.65 bits per heavy atom. The number of fused-ring (bicyclic) bond motifs is 1. The molecule has 2 N–H and O–H groups in total. The lowest BCUT2D eigenvalue weighted by molar-refractivity contribution is -0.134. The minimum Gasteiger partial charge on any atom is -0.478 e. The summed E-state index contributed by atoms with van der Waals surface area (Å²) in [5.41, 5.74) is 1.84. The maximum Gasteiger partial charge on any atom is 0.328 e. The van der Waals surface area contributed by atoms with Crippen LogP contribution >= 0.6 is 0 Å². The molecule has 1 aromatic heterocycles. The molecule has 186 valence electrons. The number of carboxylic acid groups (broad SMARTS) is 2. The first kappa shape index (κ1) is 25.7. The third kappa shape index (κ3) is 7.87. The van der Waals surface area contributed by atoms with Crippen LogP contribution in [0.15, 0.2) is 39.7 Å². The topological polar surface area (TPSA) is 113 Å². The Morgan fingerprint density at radius 3 is 2.26 bits per heavy atom. The molecule has 4 rings (SSSR count). The molecule has 0 amide bonds. The van der Waals surface area contributed by atoms with E-state index < -0.39 is 11.9 Å². The largest absolute Gasteiger partial charge is 0.478 e. The van der Waals surface area contributed by atoms with E-state index in [9.17, 15) is 14.4 Å². The Kier molecular flexibility index (Phi) is 9.51. The van der Waals surface area contributed by atoms with Crippen LogP contribution in [-0.2, 0) is 16.1 Å². The second kappa shape index (κ2) is 12.6. The number of aliphatic carboxylic acids is 2. The van der Waals surface area contributed by atoms with E-state index in [1.165, 1.54) is 64.6 Å². The SMILES string of the molecule is Cc1ccc2on(CCC3CCN(CC4CCCCC4)CC3)c(=O)c2c1.O=C(O)C=CC(=O)O. The van der Waals surface area contributed by atoms with Gasteiger partial charge in [0.25, 0.3) is 5.56 Å². The zero-order chi connectivity index (χ0) is 24.5. The fourth-order valence-electron chi connectivity index (χ4n) is 4.97. The van der Waals surface area contributed by atoms with Gasteiger partial charge in [-0.3, -0.25) is 4.79 Å². The molecule has 0 spiro atoms. The molecule has 2 aliphatic rings. The predicted molar refractivity (Wildman–Crippen MR) is 130 cm³/mol. The molecular formula is C26H36N2O6. The summed E-state index contributed by atoms with van der Waals surface area (Å²) in [6, 6.07) is 5.84. The number of likely N-dealkylation sites (tertiary alicyclic amines) is 1. The fourth-order valence-corrected chi connectivity index (χ4v) is 4.97. The van der Waals surface area contributed by atoms with Crippen molar-refractivity contribution in [2.75, 3.05) is 19.6 Å². The molecule has 0 unspecified atom stereocenters. The summed E-state index contributed by atoms with van der Waals surface area (Å²) < 4.78 is 7.33. The van der Waals surface area contributed by atoms with Crippen LogP contribution in [0.2, 0.25) is 0 Å². The molecule has 0 radical (unpaired) electrons. The summed E-state index contributed by atoms with van der Waals surface area (Å²) in [7, 11) is 0. The lowest BCUT2D eigenvalue weighted by Crippen LogP contribution is -2.37. The lowest BCUT2D eigenvalue weighted by Gasteiger charge is -2.35. The maximum absolute atomic E-state index is 12.5. The van der Waals surface area contributed by atoms with Gasteiger partial charge in [-0.25, -0.2) is 9.59 Å². The van der Waals surface area contributed by atoms with Crippen molar-refractivity contribution in [3.63, 3.8) is 0 Å². The molecule has 1 saturated heterocycles. The van der Waals surface area contributed by atoms with Gasteiger partial charge >= 0.3 is 11.9 Å². The molecule has 1 aromatic carbocycles. The van der Waals surface area contributed by atoms with E-state index in [2.05, 4.69) is 4.90 Å². The highest BCUT2D eigenvalue weighted by Crippen LogP contribution is 2.27. The Hall–Kier alpha value is -2.87. The van der Waals surface area contributed by atoms with E-state index in [-0.39, 0.29) is 5.56 Å². The Labute approximate surface area is 199 Å². The average molecular weight is 473 g/mol. The van der Waals surface area contributed by atoms with Gasteiger partial charge in [0.1, 0.15) is 0 Å².